The van der Waals surface area contributed by atoms with E-state index in [4.69, 9.17) is 5.73 Å². The van der Waals surface area contributed by atoms with Gasteiger partial charge in [-0.3, -0.25) is 0 Å². The van der Waals surface area contributed by atoms with Crippen molar-refractivity contribution < 1.29 is 4.39 Å². The van der Waals surface area contributed by atoms with Gasteiger partial charge >= 0.3 is 0 Å². The van der Waals surface area contributed by atoms with Crippen LogP contribution in [0.5, 0.6) is 0 Å². The van der Waals surface area contributed by atoms with Crippen molar-refractivity contribution >= 4 is 21.6 Å². The van der Waals surface area contributed by atoms with Crippen molar-refractivity contribution in [1.82, 2.24) is 0 Å². The van der Waals surface area contributed by atoms with Gasteiger partial charge < -0.3 is 10.6 Å². The van der Waals surface area contributed by atoms with Crippen molar-refractivity contribution in [3.63, 3.8) is 0 Å². The van der Waals surface area contributed by atoms with E-state index in [0.717, 1.165) is 22.1 Å². The van der Waals surface area contributed by atoms with Crippen LogP contribution < -0.4 is 10.6 Å². The van der Waals surface area contributed by atoms with Crippen LogP contribution in [0.4, 0.5) is 10.1 Å². The Hall–Kier alpha value is -1.39. The lowest BCUT2D eigenvalue weighted by Crippen LogP contribution is -2.22. The van der Waals surface area contributed by atoms with Crippen molar-refractivity contribution in [2.24, 2.45) is 5.73 Å². The summed E-state index contributed by atoms with van der Waals surface area (Å²) in [6.07, 6.45) is 0.808. The summed E-state index contributed by atoms with van der Waals surface area (Å²) in [5.41, 5.74) is 9.20. The number of halogens is 2. The van der Waals surface area contributed by atoms with Crippen LogP contribution in [-0.4, -0.2) is 13.1 Å². The zero-order valence-electron chi connectivity index (χ0n) is 12.3. The summed E-state index contributed by atoms with van der Waals surface area (Å²) in [5.74, 6) is -0.201. The maximum Gasteiger partial charge on any atom is 0.123 e. The van der Waals surface area contributed by atoms with E-state index in [1.54, 1.807) is 12.1 Å². The number of hydrogen-bond donors (Lipinski definition) is 1. The first-order valence-corrected chi connectivity index (χ1v) is 7.74. The minimum atomic E-state index is -0.201. The number of anilines is 1. The molecule has 0 aliphatic heterocycles. The highest BCUT2D eigenvalue weighted by Crippen LogP contribution is 2.26. The predicted octanol–water partition coefficient (Wildman–Crippen LogP) is 4.11. The summed E-state index contributed by atoms with van der Waals surface area (Å²) >= 11 is 3.50. The Bertz CT molecular complexity index is 613. The van der Waals surface area contributed by atoms with Gasteiger partial charge in [-0.05, 0) is 54.8 Å². The molecule has 0 spiro atoms. The van der Waals surface area contributed by atoms with E-state index in [1.807, 2.05) is 26.1 Å². The Balaban J connectivity index is 2.23. The van der Waals surface area contributed by atoms with E-state index >= 15 is 0 Å². The van der Waals surface area contributed by atoms with E-state index in [1.165, 1.54) is 11.6 Å². The molecule has 0 radical (unpaired) electrons. The first kappa shape index (κ1) is 16.0. The maximum atomic E-state index is 13.3. The number of rotatable bonds is 5. The van der Waals surface area contributed by atoms with Crippen LogP contribution in [0.3, 0.4) is 0 Å². The zero-order chi connectivity index (χ0) is 15.4. The highest BCUT2D eigenvalue weighted by Gasteiger charge is 2.10. The average Bonchev–Trinajstić information content (AvgIpc) is 2.37. The van der Waals surface area contributed by atoms with Gasteiger partial charge in [-0.1, -0.05) is 28.1 Å². The molecule has 0 bridgehead atoms. The minimum absolute atomic E-state index is 0.0978. The molecule has 4 heteroatoms. The third-order valence-electron chi connectivity index (χ3n) is 3.30. The van der Waals surface area contributed by atoms with Crippen molar-refractivity contribution in [2.75, 3.05) is 11.9 Å². The molecule has 21 heavy (non-hydrogen) atoms. The fourth-order valence-corrected chi connectivity index (χ4v) is 2.84. The van der Waals surface area contributed by atoms with Gasteiger partial charge in [0.05, 0.1) is 0 Å². The smallest absolute Gasteiger partial charge is 0.123 e. The van der Waals surface area contributed by atoms with Crippen molar-refractivity contribution in [1.29, 1.82) is 0 Å². The van der Waals surface area contributed by atoms with E-state index in [9.17, 15) is 4.39 Å². The van der Waals surface area contributed by atoms with Gasteiger partial charge in [0.1, 0.15) is 5.82 Å². The van der Waals surface area contributed by atoms with Gasteiger partial charge in [0.15, 0.2) is 0 Å². The highest BCUT2D eigenvalue weighted by molar-refractivity contribution is 9.10. The molecule has 0 saturated heterocycles. The van der Waals surface area contributed by atoms with Gasteiger partial charge in [0, 0.05) is 29.8 Å². The van der Waals surface area contributed by atoms with Crippen molar-refractivity contribution in [3.8, 4) is 0 Å². The molecule has 2 rings (SSSR count). The molecule has 2 aromatic carbocycles. The molecule has 0 heterocycles. The number of nitrogens with zero attached hydrogens (tertiary/aromatic N) is 1. The van der Waals surface area contributed by atoms with E-state index in [-0.39, 0.29) is 11.9 Å². The largest absolute Gasteiger partial charge is 0.370 e. The summed E-state index contributed by atoms with van der Waals surface area (Å²) in [5, 5.41) is 0. The molecule has 0 aromatic heterocycles. The quantitative estimate of drug-likeness (QED) is 0.878. The van der Waals surface area contributed by atoms with Crippen LogP contribution in [0.2, 0.25) is 0 Å². The molecule has 1 unspecified atom stereocenters. The van der Waals surface area contributed by atoms with Gasteiger partial charge in [-0.15, -0.1) is 0 Å². The lowest BCUT2D eigenvalue weighted by atomic mass is 10.0. The van der Waals surface area contributed by atoms with Crippen LogP contribution in [0, 0.1) is 5.82 Å². The number of nitrogens with two attached hydrogens (primary N) is 1. The van der Waals surface area contributed by atoms with Crippen LogP contribution in [0.15, 0.2) is 46.9 Å². The number of benzene rings is 2. The van der Waals surface area contributed by atoms with Crippen LogP contribution in [0.25, 0.3) is 0 Å². The summed E-state index contributed by atoms with van der Waals surface area (Å²) in [6.45, 7) is 2.66. The molecule has 0 aliphatic carbocycles. The molecule has 0 fully saturated rings. The predicted molar refractivity (Wildman–Crippen MR) is 90.0 cm³/mol. The summed E-state index contributed by atoms with van der Waals surface area (Å²) in [4.78, 5) is 2.12. The normalized spacial score (nSPS) is 12.2. The molecule has 2 N–H and O–H groups in total. The van der Waals surface area contributed by atoms with E-state index in [0.29, 0.717) is 6.54 Å². The topological polar surface area (TPSA) is 29.3 Å². The zero-order valence-corrected chi connectivity index (χ0v) is 13.9. The monoisotopic (exact) mass is 350 g/mol. The molecule has 0 amide bonds. The van der Waals surface area contributed by atoms with Crippen molar-refractivity contribution in [3.05, 3.63) is 63.9 Å². The third kappa shape index (κ3) is 4.55. The van der Waals surface area contributed by atoms with Gasteiger partial charge in [0.25, 0.3) is 0 Å². The number of hydrogen-bond acceptors (Lipinski definition) is 2. The Kier molecular flexibility index (Phi) is 5.37. The fraction of sp³-hybridized carbons (Fsp3) is 0.294. The molecule has 0 saturated carbocycles. The van der Waals surface area contributed by atoms with Gasteiger partial charge in [0.2, 0.25) is 0 Å². The van der Waals surface area contributed by atoms with Crippen LogP contribution >= 0.6 is 15.9 Å². The lowest BCUT2D eigenvalue weighted by molar-refractivity contribution is 0.625. The molecule has 2 aromatic rings. The van der Waals surface area contributed by atoms with Gasteiger partial charge in [-0.2, -0.15) is 0 Å². The second-order valence-electron chi connectivity index (χ2n) is 5.44. The summed E-state index contributed by atoms with van der Waals surface area (Å²) in [6, 6.07) is 13.0. The average molecular weight is 351 g/mol. The fourth-order valence-electron chi connectivity index (χ4n) is 2.43. The molecule has 2 nitrogen and oxygen atoms in total. The Morgan fingerprint density at radius 1 is 1.24 bits per heavy atom. The van der Waals surface area contributed by atoms with Gasteiger partial charge in [-0.25, -0.2) is 4.39 Å². The molecule has 0 aliphatic rings. The first-order chi connectivity index (χ1) is 9.95. The Morgan fingerprint density at radius 3 is 2.67 bits per heavy atom. The Labute approximate surface area is 133 Å². The minimum Gasteiger partial charge on any atom is -0.370 e. The summed E-state index contributed by atoms with van der Waals surface area (Å²) in [7, 11) is 2.01. The van der Waals surface area contributed by atoms with Crippen LogP contribution in [0.1, 0.15) is 18.1 Å². The Morgan fingerprint density at radius 2 is 2.00 bits per heavy atom. The molecule has 112 valence electrons. The second kappa shape index (κ2) is 7.05. The van der Waals surface area contributed by atoms with Crippen LogP contribution in [-0.2, 0) is 13.0 Å². The maximum absolute atomic E-state index is 13.3. The van der Waals surface area contributed by atoms with Crippen molar-refractivity contribution in [2.45, 2.75) is 25.9 Å². The first-order valence-electron chi connectivity index (χ1n) is 6.95. The van der Waals surface area contributed by atoms with E-state index in [2.05, 4.69) is 33.0 Å². The lowest BCUT2D eigenvalue weighted by Gasteiger charge is -2.23. The van der Waals surface area contributed by atoms with E-state index < -0.39 is 0 Å². The standard InChI is InChI=1S/C17H20BrFN2/c1-12(20)8-14-10-15(18)6-7-17(14)21(2)11-13-4-3-5-16(19)9-13/h3-7,9-10,12H,8,11,20H2,1-2H3. The second-order valence-corrected chi connectivity index (χ2v) is 6.36. The molecular weight excluding hydrogens is 331 g/mol. The summed E-state index contributed by atoms with van der Waals surface area (Å²) < 4.78 is 14.3. The third-order valence-corrected chi connectivity index (χ3v) is 3.80. The molecule has 1 atom stereocenters. The highest BCUT2D eigenvalue weighted by atomic mass is 79.9. The molecular formula is C17H20BrFN2. The SMILES string of the molecule is CC(N)Cc1cc(Br)ccc1N(C)Cc1cccc(F)c1.